The molecule has 1 aliphatic rings. The quantitative estimate of drug-likeness (QED) is 0.180. The Morgan fingerprint density at radius 2 is 0.907 bits per heavy atom. The van der Waals surface area contributed by atoms with Crippen molar-refractivity contribution in [2.24, 2.45) is 0 Å². The van der Waals surface area contributed by atoms with Crippen LogP contribution in [0.3, 0.4) is 0 Å². The van der Waals surface area contributed by atoms with Crippen LogP contribution in [0.4, 0.5) is 17.1 Å². The second-order valence-electron chi connectivity index (χ2n) is 14.6. The minimum absolute atomic E-state index is 0.266. The molecule has 8 aromatic carbocycles. The van der Waals surface area contributed by atoms with Crippen molar-refractivity contribution in [3.63, 3.8) is 0 Å². The summed E-state index contributed by atoms with van der Waals surface area (Å²) in [6.07, 6.45) is 0. The number of hydrogen-bond donors (Lipinski definition) is 0. The fourth-order valence-corrected chi connectivity index (χ4v) is 11.4. The molecule has 0 atom stereocenters. The van der Waals surface area contributed by atoms with E-state index in [0.29, 0.717) is 0 Å². The molecule has 0 saturated heterocycles. The third-order valence-electron chi connectivity index (χ3n) is 11.8. The molecular formula is C50H31NOS2. The molecule has 4 heteroatoms. The molecule has 1 aliphatic carbocycles. The van der Waals surface area contributed by atoms with Crippen LogP contribution in [0.15, 0.2) is 174 Å². The summed E-state index contributed by atoms with van der Waals surface area (Å²) in [6, 6.07) is 62.5. The molecule has 0 N–H and O–H groups in total. The van der Waals surface area contributed by atoms with E-state index in [9.17, 15) is 0 Å². The minimum atomic E-state index is -0.266. The summed E-state index contributed by atoms with van der Waals surface area (Å²) in [6.45, 7) is 2.37. The zero-order valence-corrected chi connectivity index (χ0v) is 31.0. The maximum absolute atomic E-state index is 6.70. The van der Waals surface area contributed by atoms with E-state index >= 15 is 0 Å². The smallest absolute Gasteiger partial charge is 0.137 e. The molecule has 254 valence electrons. The predicted molar refractivity (Wildman–Crippen MR) is 232 cm³/mol. The van der Waals surface area contributed by atoms with Crippen LogP contribution >= 0.6 is 22.7 Å². The molecular weight excluding hydrogens is 695 g/mol. The average molecular weight is 726 g/mol. The van der Waals surface area contributed by atoms with Gasteiger partial charge in [0.05, 0.1) is 0 Å². The Morgan fingerprint density at radius 1 is 0.407 bits per heavy atom. The normalized spacial score (nSPS) is 13.4. The highest BCUT2D eigenvalue weighted by molar-refractivity contribution is 7.26. The molecule has 0 radical (unpaired) electrons. The van der Waals surface area contributed by atoms with Gasteiger partial charge in [-0.3, -0.25) is 0 Å². The van der Waals surface area contributed by atoms with Gasteiger partial charge >= 0.3 is 0 Å². The Hall–Kier alpha value is -6.20. The van der Waals surface area contributed by atoms with Crippen molar-refractivity contribution in [2.75, 3.05) is 4.90 Å². The van der Waals surface area contributed by atoms with Crippen LogP contribution in [0, 0.1) is 0 Å². The largest absolute Gasteiger partial charge is 0.456 e. The van der Waals surface area contributed by atoms with Crippen molar-refractivity contribution < 1.29 is 4.42 Å². The fourth-order valence-electron chi connectivity index (χ4n) is 9.13. The first-order chi connectivity index (χ1) is 26.6. The number of thiophene rings is 2. The van der Waals surface area contributed by atoms with E-state index in [0.717, 1.165) is 39.0 Å². The molecule has 0 aliphatic heterocycles. The number of nitrogens with zero attached hydrogens (tertiary/aromatic N) is 1. The molecule has 0 fully saturated rings. The van der Waals surface area contributed by atoms with Crippen LogP contribution in [0.2, 0.25) is 0 Å². The molecule has 0 spiro atoms. The Kier molecular flexibility index (Phi) is 6.26. The summed E-state index contributed by atoms with van der Waals surface area (Å²) in [7, 11) is 0. The van der Waals surface area contributed by atoms with E-state index in [-0.39, 0.29) is 5.41 Å². The van der Waals surface area contributed by atoms with Gasteiger partial charge in [0.1, 0.15) is 11.2 Å². The lowest BCUT2D eigenvalue weighted by atomic mass is 9.74. The maximum Gasteiger partial charge on any atom is 0.137 e. The second-order valence-corrected chi connectivity index (χ2v) is 16.8. The lowest BCUT2D eigenvalue weighted by Gasteiger charge is -2.28. The van der Waals surface area contributed by atoms with E-state index in [2.05, 4.69) is 182 Å². The molecule has 12 rings (SSSR count). The Morgan fingerprint density at radius 3 is 1.52 bits per heavy atom. The van der Waals surface area contributed by atoms with Crippen LogP contribution in [-0.4, -0.2) is 0 Å². The standard InChI is InChI=1S/C50H31NOS2/c1-50(42-14-6-2-10-34(42)35-11-3-7-15-43(35)50)30-18-25-44-41(26-30)36-22-19-31(27-45(36)52-44)51(32-20-23-39-37-12-4-8-16-46(37)53-48(39)28-32)33-21-24-40-38-13-5-9-17-47(38)54-49(40)29-33/h2-29H,1H3. The highest BCUT2D eigenvalue weighted by atomic mass is 32.1. The van der Waals surface area contributed by atoms with Gasteiger partial charge in [0.15, 0.2) is 0 Å². The summed E-state index contributed by atoms with van der Waals surface area (Å²) >= 11 is 3.71. The lowest BCUT2D eigenvalue weighted by Crippen LogP contribution is -2.22. The molecule has 54 heavy (non-hydrogen) atoms. The first-order valence-corrected chi connectivity index (χ1v) is 20.0. The van der Waals surface area contributed by atoms with Gasteiger partial charge in [-0.15, -0.1) is 22.7 Å². The van der Waals surface area contributed by atoms with Crippen LogP contribution < -0.4 is 4.90 Å². The van der Waals surface area contributed by atoms with Crippen LogP contribution in [0.5, 0.6) is 0 Å². The third kappa shape index (κ3) is 4.21. The van der Waals surface area contributed by atoms with E-state index in [1.54, 1.807) is 0 Å². The van der Waals surface area contributed by atoms with Gasteiger partial charge in [0, 0.05) is 79.7 Å². The monoisotopic (exact) mass is 725 g/mol. The van der Waals surface area contributed by atoms with Crippen LogP contribution in [-0.2, 0) is 5.41 Å². The number of benzene rings is 8. The van der Waals surface area contributed by atoms with E-state index in [1.807, 2.05) is 22.7 Å². The van der Waals surface area contributed by atoms with E-state index in [1.165, 1.54) is 68.2 Å². The van der Waals surface area contributed by atoms with Crippen molar-refractivity contribution in [1.29, 1.82) is 0 Å². The predicted octanol–water partition coefficient (Wildman–Crippen LogP) is 15.1. The summed E-state index contributed by atoms with van der Waals surface area (Å²) in [5.41, 5.74) is 11.4. The highest BCUT2D eigenvalue weighted by Gasteiger charge is 2.40. The number of anilines is 3. The molecule has 3 heterocycles. The highest BCUT2D eigenvalue weighted by Crippen LogP contribution is 2.53. The van der Waals surface area contributed by atoms with Gasteiger partial charge < -0.3 is 9.32 Å². The van der Waals surface area contributed by atoms with Crippen molar-refractivity contribution in [1.82, 2.24) is 0 Å². The second kappa shape index (κ2) is 11.2. The molecule has 0 saturated carbocycles. The molecule has 11 aromatic rings. The van der Waals surface area contributed by atoms with Crippen molar-refractivity contribution in [3.8, 4) is 11.1 Å². The van der Waals surface area contributed by atoms with Crippen molar-refractivity contribution >= 4 is 102 Å². The Labute approximate surface area is 319 Å². The van der Waals surface area contributed by atoms with Crippen molar-refractivity contribution in [2.45, 2.75) is 12.3 Å². The van der Waals surface area contributed by atoms with Crippen molar-refractivity contribution in [3.05, 3.63) is 187 Å². The molecule has 0 amide bonds. The Balaban J connectivity index is 1.03. The first kappa shape index (κ1) is 30.3. The molecule has 0 unspecified atom stereocenters. The summed E-state index contributed by atoms with van der Waals surface area (Å²) in [5, 5.41) is 7.47. The minimum Gasteiger partial charge on any atom is -0.456 e. The average Bonchev–Trinajstić information content (AvgIpc) is 3.96. The maximum atomic E-state index is 6.70. The van der Waals surface area contributed by atoms with Gasteiger partial charge in [-0.2, -0.15) is 0 Å². The third-order valence-corrected chi connectivity index (χ3v) is 14.0. The van der Waals surface area contributed by atoms with Gasteiger partial charge in [-0.05, 0) is 95.4 Å². The van der Waals surface area contributed by atoms with E-state index < -0.39 is 0 Å². The van der Waals surface area contributed by atoms with Crippen LogP contribution in [0.25, 0.3) is 73.4 Å². The zero-order valence-electron chi connectivity index (χ0n) is 29.3. The Bertz CT molecular complexity index is 3170. The first-order valence-electron chi connectivity index (χ1n) is 18.4. The number of fused-ring (bicyclic) bond motifs is 12. The lowest BCUT2D eigenvalue weighted by molar-refractivity contribution is 0.667. The van der Waals surface area contributed by atoms with Gasteiger partial charge in [0.25, 0.3) is 0 Å². The zero-order chi connectivity index (χ0) is 35.5. The van der Waals surface area contributed by atoms with Gasteiger partial charge in [-0.25, -0.2) is 0 Å². The number of furan rings is 1. The summed E-state index contributed by atoms with van der Waals surface area (Å²) < 4.78 is 11.9. The molecule has 2 nitrogen and oxygen atoms in total. The van der Waals surface area contributed by atoms with Gasteiger partial charge in [0.2, 0.25) is 0 Å². The number of hydrogen-bond acceptors (Lipinski definition) is 4. The molecule has 3 aromatic heterocycles. The van der Waals surface area contributed by atoms with Gasteiger partial charge in [-0.1, -0.05) is 103 Å². The summed E-state index contributed by atoms with van der Waals surface area (Å²) in [4.78, 5) is 2.39. The topological polar surface area (TPSA) is 16.4 Å². The SMILES string of the molecule is CC1(c2ccc3oc4cc(N(c5ccc6c(c5)sc5ccccc56)c5ccc6c(c5)sc5ccccc56)ccc4c3c2)c2ccccc2-c2ccccc21. The fraction of sp³-hybridized carbons (Fsp3) is 0.0400. The van der Waals surface area contributed by atoms with E-state index in [4.69, 9.17) is 4.42 Å². The molecule has 0 bridgehead atoms. The summed E-state index contributed by atoms with van der Waals surface area (Å²) in [5.74, 6) is 0. The number of rotatable bonds is 4. The van der Waals surface area contributed by atoms with Crippen LogP contribution in [0.1, 0.15) is 23.6 Å².